The van der Waals surface area contributed by atoms with Crippen LogP contribution < -0.4 is 5.32 Å². The highest BCUT2D eigenvalue weighted by atomic mass is 19.1. The van der Waals surface area contributed by atoms with E-state index >= 15 is 4.39 Å². The van der Waals surface area contributed by atoms with E-state index in [1.807, 2.05) is 66.7 Å². The van der Waals surface area contributed by atoms with Gasteiger partial charge in [0, 0.05) is 11.5 Å². The lowest BCUT2D eigenvalue weighted by Gasteiger charge is -2.20. The van der Waals surface area contributed by atoms with E-state index < -0.39 is 0 Å². The number of hydrogen-bond acceptors (Lipinski definition) is 2. The average Bonchev–Trinajstić information content (AvgIpc) is 3.31. The molecule has 0 saturated heterocycles. The lowest BCUT2D eigenvalue weighted by atomic mass is 9.94. The molecule has 158 valence electrons. The van der Waals surface area contributed by atoms with Gasteiger partial charge in [0.05, 0.1) is 6.04 Å². The van der Waals surface area contributed by atoms with Crippen molar-refractivity contribution in [2.45, 2.75) is 24.9 Å². The van der Waals surface area contributed by atoms with Crippen LogP contribution in [0.5, 0.6) is 0 Å². The van der Waals surface area contributed by atoms with E-state index in [4.69, 9.17) is 4.99 Å². The molecule has 0 amide bonds. The number of rotatable bonds is 5. The Morgan fingerprint density at radius 2 is 1.34 bits per heavy atom. The second-order valence-electron chi connectivity index (χ2n) is 8.23. The van der Waals surface area contributed by atoms with Gasteiger partial charge in [-0.3, -0.25) is 4.99 Å². The maximum atomic E-state index is 15.0. The summed E-state index contributed by atoms with van der Waals surface area (Å²) in [5.74, 6) is 0.632. The Labute approximate surface area is 188 Å². The number of amidine groups is 1. The summed E-state index contributed by atoms with van der Waals surface area (Å²) < 4.78 is 15.0. The molecule has 1 aliphatic rings. The zero-order valence-corrected chi connectivity index (χ0v) is 17.9. The number of hydrogen-bond donors (Lipinski definition) is 1. The van der Waals surface area contributed by atoms with E-state index in [9.17, 15) is 0 Å². The van der Waals surface area contributed by atoms with Crippen molar-refractivity contribution in [1.82, 2.24) is 5.32 Å². The molecule has 0 spiro atoms. The molecule has 1 aliphatic heterocycles. The van der Waals surface area contributed by atoms with E-state index in [0.717, 1.165) is 17.0 Å². The molecular weight excluding hydrogens is 395 g/mol. The molecule has 5 rings (SSSR count). The van der Waals surface area contributed by atoms with Crippen molar-refractivity contribution < 1.29 is 4.39 Å². The summed E-state index contributed by atoms with van der Waals surface area (Å²) in [5, 5.41) is 3.65. The van der Waals surface area contributed by atoms with Crippen molar-refractivity contribution in [1.29, 1.82) is 0 Å². The third kappa shape index (κ3) is 3.94. The molecule has 4 aromatic carbocycles. The third-order valence-corrected chi connectivity index (χ3v) is 6.19. The minimum absolute atomic E-state index is 0.0236. The number of halogens is 1. The topological polar surface area (TPSA) is 24.4 Å². The highest BCUT2D eigenvalue weighted by molar-refractivity contribution is 5.91. The predicted molar refractivity (Wildman–Crippen MR) is 129 cm³/mol. The SMILES string of the molecule is CC(C1=N[C@@H](c2ccccc2)[C@@H](c2ccccc2)N1)c1ccc(-c2ccccc2)c(F)c1. The fourth-order valence-electron chi connectivity index (χ4n) is 4.39. The van der Waals surface area contributed by atoms with Crippen LogP contribution in [0.2, 0.25) is 0 Å². The summed E-state index contributed by atoms with van der Waals surface area (Å²) >= 11 is 0. The maximum Gasteiger partial charge on any atom is 0.131 e. The minimum atomic E-state index is -0.210. The second kappa shape index (κ2) is 8.80. The first-order chi connectivity index (χ1) is 15.7. The van der Waals surface area contributed by atoms with E-state index in [1.165, 1.54) is 11.1 Å². The van der Waals surface area contributed by atoms with E-state index in [2.05, 4.69) is 48.6 Å². The van der Waals surface area contributed by atoms with Crippen molar-refractivity contribution in [2.75, 3.05) is 0 Å². The van der Waals surface area contributed by atoms with Crippen LogP contribution in [0.3, 0.4) is 0 Å². The highest BCUT2D eigenvalue weighted by Crippen LogP contribution is 2.38. The van der Waals surface area contributed by atoms with Gasteiger partial charge in [-0.2, -0.15) is 0 Å². The van der Waals surface area contributed by atoms with E-state index in [0.29, 0.717) is 5.56 Å². The van der Waals surface area contributed by atoms with Crippen LogP contribution in [-0.4, -0.2) is 5.84 Å². The van der Waals surface area contributed by atoms with Gasteiger partial charge >= 0.3 is 0 Å². The summed E-state index contributed by atoms with van der Waals surface area (Å²) in [6.45, 7) is 2.08. The Kier molecular flexibility index (Phi) is 5.55. The lowest BCUT2D eigenvalue weighted by Crippen LogP contribution is -2.28. The Bertz CT molecular complexity index is 1220. The number of benzene rings is 4. The molecule has 3 heteroatoms. The predicted octanol–water partition coefficient (Wildman–Crippen LogP) is 7.08. The van der Waals surface area contributed by atoms with Crippen molar-refractivity contribution in [3.8, 4) is 11.1 Å². The van der Waals surface area contributed by atoms with Crippen LogP contribution in [0.1, 0.15) is 41.6 Å². The van der Waals surface area contributed by atoms with Crippen LogP contribution in [0.25, 0.3) is 11.1 Å². The van der Waals surface area contributed by atoms with Gasteiger partial charge in [-0.05, 0) is 28.3 Å². The molecule has 0 aliphatic carbocycles. The highest BCUT2D eigenvalue weighted by Gasteiger charge is 2.33. The van der Waals surface area contributed by atoms with Crippen molar-refractivity contribution in [3.63, 3.8) is 0 Å². The molecule has 0 fully saturated rings. The normalized spacial score (nSPS) is 18.6. The van der Waals surface area contributed by atoms with Crippen molar-refractivity contribution in [3.05, 3.63) is 132 Å². The zero-order valence-electron chi connectivity index (χ0n) is 17.9. The van der Waals surface area contributed by atoms with Gasteiger partial charge in [0.1, 0.15) is 17.7 Å². The summed E-state index contributed by atoms with van der Waals surface area (Å²) in [7, 11) is 0. The van der Waals surface area contributed by atoms with Gasteiger partial charge in [0.2, 0.25) is 0 Å². The number of nitrogens with one attached hydrogen (secondary N) is 1. The van der Waals surface area contributed by atoms with E-state index in [-0.39, 0.29) is 23.8 Å². The first-order valence-electron chi connectivity index (χ1n) is 11.0. The van der Waals surface area contributed by atoms with Crippen LogP contribution in [0.4, 0.5) is 4.39 Å². The number of aliphatic imine (C=N–C) groups is 1. The fourth-order valence-corrected chi connectivity index (χ4v) is 4.39. The maximum absolute atomic E-state index is 15.0. The molecule has 1 N–H and O–H groups in total. The Morgan fingerprint density at radius 3 is 1.97 bits per heavy atom. The van der Waals surface area contributed by atoms with Gasteiger partial charge < -0.3 is 5.32 Å². The zero-order chi connectivity index (χ0) is 21.9. The Balaban J connectivity index is 1.47. The molecule has 4 aromatic rings. The Hall–Kier alpha value is -3.72. The largest absolute Gasteiger partial charge is 0.364 e. The monoisotopic (exact) mass is 420 g/mol. The first-order valence-corrected chi connectivity index (χ1v) is 11.0. The molecule has 2 nitrogen and oxygen atoms in total. The minimum Gasteiger partial charge on any atom is -0.364 e. The summed E-state index contributed by atoms with van der Waals surface area (Å²) in [6, 6.07) is 35.9. The smallest absolute Gasteiger partial charge is 0.131 e. The molecule has 32 heavy (non-hydrogen) atoms. The van der Waals surface area contributed by atoms with Crippen LogP contribution in [0, 0.1) is 5.82 Å². The molecule has 3 atom stereocenters. The van der Waals surface area contributed by atoms with Gasteiger partial charge in [0.15, 0.2) is 0 Å². The summed E-state index contributed by atoms with van der Waals surface area (Å²) in [5.41, 5.74) is 4.77. The lowest BCUT2D eigenvalue weighted by molar-refractivity contribution is 0.571. The summed E-state index contributed by atoms with van der Waals surface area (Å²) in [6.07, 6.45) is 0. The van der Waals surface area contributed by atoms with Crippen molar-refractivity contribution >= 4 is 5.84 Å². The molecule has 1 heterocycles. The molecule has 1 unspecified atom stereocenters. The third-order valence-electron chi connectivity index (χ3n) is 6.19. The fraction of sp³-hybridized carbons (Fsp3) is 0.138. The second-order valence-corrected chi connectivity index (χ2v) is 8.23. The molecule has 0 bridgehead atoms. The number of nitrogens with zero attached hydrogens (tertiary/aromatic N) is 1. The van der Waals surface area contributed by atoms with Gasteiger partial charge in [-0.15, -0.1) is 0 Å². The summed E-state index contributed by atoms with van der Waals surface area (Å²) in [4.78, 5) is 5.09. The van der Waals surface area contributed by atoms with Crippen LogP contribution in [0.15, 0.2) is 114 Å². The van der Waals surface area contributed by atoms with E-state index in [1.54, 1.807) is 6.07 Å². The average molecular weight is 421 g/mol. The quantitative estimate of drug-likeness (QED) is 0.366. The Morgan fingerprint density at radius 1 is 0.750 bits per heavy atom. The molecule has 0 saturated carbocycles. The first kappa shape index (κ1) is 20.2. The van der Waals surface area contributed by atoms with Crippen molar-refractivity contribution in [2.24, 2.45) is 4.99 Å². The molecule has 0 aromatic heterocycles. The molecule has 0 radical (unpaired) electrons. The van der Waals surface area contributed by atoms with Crippen LogP contribution in [-0.2, 0) is 0 Å². The standard InChI is InChI=1S/C29H25FN2/c1-20(24-17-18-25(26(30)19-24)21-11-5-2-6-12-21)29-31-27(22-13-7-3-8-14-22)28(32-29)23-15-9-4-10-16-23/h2-20,27-28H,1H3,(H,31,32)/t20?,27-,28+. The molecular formula is C29H25FN2. The van der Waals surface area contributed by atoms with Gasteiger partial charge in [0.25, 0.3) is 0 Å². The van der Waals surface area contributed by atoms with Gasteiger partial charge in [-0.1, -0.05) is 110 Å². The van der Waals surface area contributed by atoms with Crippen LogP contribution >= 0.6 is 0 Å². The van der Waals surface area contributed by atoms with Gasteiger partial charge in [-0.25, -0.2) is 4.39 Å².